The van der Waals surface area contributed by atoms with Gasteiger partial charge in [-0.2, -0.15) is 0 Å². The Labute approximate surface area is 155 Å². The normalized spacial score (nSPS) is 10.1. The van der Waals surface area contributed by atoms with Crippen molar-refractivity contribution >= 4 is 11.8 Å². The van der Waals surface area contributed by atoms with Gasteiger partial charge in [0.1, 0.15) is 18.2 Å². The number of rotatable bonds is 5. The van der Waals surface area contributed by atoms with Crippen LogP contribution in [0.5, 0.6) is 5.75 Å². The van der Waals surface area contributed by atoms with Gasteiger partial charge < -0.3 is 4.74 Å². The fourth-order valence-electron chi connectivity index (χ4n) is 2.21. The predicted molar refractivity (Wildman–Crippen MR) is 96.3 cm³/mol. The van der Waals surface area contributed by atoms with Crippen LogP contribution in [0.1, 0.15) is 26.3 Å². The Kier molecular flexibility index (Phi) is 5.73. The topological polar surface area (TPSA) is 80.3 Å². The molecule has 136 valence electrons. The Hall–Kier alpha value is -3.74. The van der Waals surface area contributed by atoms with Crippen LogP contribution in [0.4, 0.5) is 4.39 Å². The first kappa shape index (κ1) is 18.1. The van der Waals surface area contributed by atoms with Gasteiger partial charge in [0, 0.05) is 29.1 Å². The van der Waals surface area contributed by atoms with Gasteiger partial charge in [-0.15, -0.1) is 0 Å². The molecule has 0 bridgehead atoms. The second kappa shape index (κ2) is 8.57. The average Bonchev–Trinajstić information content (AvgIpc) is 2.72. The fourth-order valence-corrected chi connectivity index (χ4v) is 2.21. The third-order valence-corrected chi connectivity index (χ3v) is 3.64. The van der Waals surface area contributed by atoms with Gasteiger partial charge in [0.2, 0.25) is 0 Å². The molecule has 1 heterocycles. The van der Waals surface area contributed by atoms with Crippen LogP contribution in [-0.2, 0) is 6.61 Å². The van der Waals surface area contributed by atoms with Crippen molar-refractivity contribution < 1.29 is 18.7 Å². The first-order valence-corrected chi connectivity index (χ1v) is 8.10. The number of hydrogen-bond donors (Lipinski definition) is 2. The zero-order chi connectivity index (χ0) is 19.1. The molecule has 0 aliphatic rings. The van der Waals surface area contributed by atoms with Crippen molar-refractivity contribution in [1.29, 1.82) is 0 Å². The van der Waals surface area contributed by atoms with E-state index in [1.807, 2.05) is 12.1 Å². The fraction of sp³-hybridized carbons (Fsp3) is 0.0500. The summed E-state index contributed by atoms with van der Waals surface area (Å²) in [7, 11) is 0. The van der Waals surface area contributed by atoms with Crippen LogP contribution in [0.2, 0.25) is 0 Å². The molecule has 0 fully saturated rings. The number of carbonyl (C=O) groups is 2. The zero-order valence-electron chi connectivity index (χ0n) is 14.2. The third-order valence-electron chi connectivity index (χ3n) is 3.64. The van der Waals surface area contributed by atoms with E-state index in [0.29, 0.717) is 17.9 Å². The summed E-state index contributed by atoms with van der Waals surface area (Å²) in [5, 5.41) is 0. The number of pyridine rings is 1. The summed E-state index contributed by atoms with van der Waals surface area (Å²) in [6.45, 7) is 0.368. The Bertz CT molecular complexity index is 913. The third kappa shape index (κ3) is 5.12. The van der Waals surface area contributed by atoms with E-state index >= 15 is 0 Å². The molecule has 3 rings (SSSR count). The van der Waals surface area contributed by atoms with E-state index in [2.05, 4.69) is 15.8 Å². The quantitative estimate of drug-likeness (QED) is 0.682. The lowest BCUT2D eigenvalue weighted by atomic mass is 10.2. The van der Waals surface area contributed by atoms with Gasteiger partial charge in [-0.1, -0.05) is 6.07 Å². The Morgan fingerprint density at radius 2 is 1.48 bits per heavy atom. The van der Waals surface area contributed by atoms with Gasteiger partial charge in [0.15, 0.2) is 0 Å². The zero-order valence-corrected chi connectivity index (χ0v) is 14.2. The van der Waals surface area contributed by atoms with E-state index in [4.69, 9.17) is 4.74 Å². The van der Waals surface area contributed by atoms with Crippen molar-refractivity contribution in [2.24, 2.45) is 0 Å². The molecule has 6 nitrogen and oxygen atoms in total. The van der Waals surface area contributed by atoms with Crippen LogP contribution in [-0.4, -0.2) is 16.8 Å². The number of carbonyl (C=O) groups excluding carboxylic acids is 2. The highest BCUT2D eigenvalue weighted by Crippen LogP contribution is 2.14. The number of aromatic nitrogens is 1. The molecule has 0 saturated carbocycles. The molecule has 3 aromatic rings. The van der Waals surface area contributed by atoms with E-state index in [1.165, 1.54) is 24.3 Å². The maximum atomic E-state index is 12.9. The number of benzene rings is 2. The highest BCUT2D eigenvalue weighted by Gasteiger charge is 2.09. The molecular weight excluding hydrogens is 349 g/mol. The molecule has 0 aliphatic carbocycles. The molecule has 0 saturated heterocycles. The highest BCUT2D eigenvalue weighted by atomic mass is 19.1. The van der Waals surface area contributed by atoms with Gasteiger partial charge in [-0.05, 0) is 54.6 Å². The molecule has 0 aliphatic heterocycles. The molecule has 2 aromatic carbocycles. The van der Waals surface area contributed by atoms with Gasteiger partial charge in [-0.3, -0.25) is 25.4 Å². The molecule has 2 N–H and O–H groups in total. The Morgan fingerprint density at radius 1 is 0.889 bits per heavy atom. The second-order valence-corrected chi connectivity index (χ2v) is 5.59. The van der Waals surface area contributed by atoms with Gasteiger partial charge >= 0.3 is 0 Å². The maximum absolute atomic E-state index is 12.9. The van der Waals surface area contributed by atoms with Crippen LogP contribution in [0.25, 0.3) is 0 Å². The minimum atomic E-state index is -0.542. The summed E-state index contributed by atoms with van der Waals surface area (Å²) >= 11 is 0. The Balaban J connectivity index is 1.51. The van der Waals surface area contributed by atoms with Crippen LogP contribution in [0.15, 0.2) is 73.1 Å². The Morgan fingerprint density at radius 3 is 2.04 bits per heavy atom. The summed E-state index contributed by atoms with van der Waals surface area (Å²) < 4.78 is 18.5. The van der Waals surface area contributed by atoms with Crippen molar-refractivity contribution in [2.75, 3.05) is 0 Å². The number of nitrogens with zero attached hydrogens (tertiary/aromatic N) is 1. The first-order valence-electron chi connectivity index (χ1n) is 8.10. The number of hydrogen-bond acceptors (Lipinski definition) is 4. The first-order chi connectivity index (χ1) is 13.1. The van der Waals surface area contributed by atoms with E-state index in [0.717, 1.165) is 5.56 Å². The highest BCUT2D eigenvalue weighted by molar-refractivity contribution is 5.99. The SMILES string of the molecule is O=C(NNC(=O)c1ccc(OCc2cccnc2)cc1)c1ccc(F)cc1. The minimum absolute atomic E-state index is 0.232. The number of ether oxygens (including phenoxy) is 1. The van der Waals surface area contributed by atoms with Crippen molar-refractivity contribution in [3.05, 3.63) is 95.6 Å². The monoisotopic (exact) mass is 365 g/mol. The van der Waals surface area contributed by atoms with Crippen molar-refractivity contribution in [2.45, 2.75) is 6.61 Å². The molecule has 27 heavy (non-hydrogen) atoms. The van der Waals surface area contributed by atoms with Crippen molar-refractivity contribution in [3.8, 4) is 5.75 Å². The molecule has 1 aromatic heterocycles. The summed E-state index contributed by atoms with van der Waals surface area (Å²) in [6, 6.07) is 15.2. The van der Waals surface area contributed by atoms with Crippen LogP contribution in [0.3, 0.4) is 0 Å². The molecule has 7 heteroatoms. The number of hydrazine groups is 1. The number of amides is 2. The molecular formula is C20H16FN3O3. The molecule has 2 amide bonds. The molecule has 0 radical (unpaired) electrons. The van der Waals surface area contributed by atoms with Crippen molar-refractivity contribution in [1.82, 2.24) is 15.8 Å². The molecule has 0 unspecified atom stereocenters. The lowest BCUT2D eigenvalue weighted by Gasteiger charge is -2.09. The standard InChI is InChI=1S/C20H16FN3O3/c21-17-7-3-15(4-8-17)19(25)23-24-20(26)16-5-9-18(10-6-16)27-13-14-2-1-11-22-12-14/h1-12H,13H2,(H,23,25)(H,24,26). The van der Waals surface area contributed by atoms with Crippen LogP contribution in [0, 0.1) is 5.82 Å². The molecule has 0 atom stereocenters. The maximum Gasteiger partial charge on any atom is 0.269 e. The number of nitrogens with one attached hydrogen (secondary N) is 2. The minimum Gasteiger partial charge on any atom is -0.489 e. The summed E-state index contributed by atoms with van der Waals surface area (Å²) in [5.41, 5.74) is 6.10. The lowest BCUT2D eigenvalue weighted by Crippen LogP contribution is -2.41. The lowest BCUT2D eigenvalue weighted by molar-refractivity contribution is 0.0846. The van der Waals surface area contributed by atoms with Crippen molar-refractivity contribution in [3.63, 3.8) is 0 Å². The van der Waals surface area contributed by atoms with Gasteiger partial charge in [0.05, 0.1) is 0 Å². The van der Waals surface area contributed by atoms with Crippen LogP contribution >= 0.6 is 0 Å². The van der Waals surface area contributed by atoms with E-state index in [9.17, 15) is 14.0 Å². The summed E-state index contributed by atoms with van der Waals surface area (Å²) in [6.07, 6.45) is 3.40. The van der Waals surface area contributed by atoms with E-state index < -0.39 is 17.6 Å². The second-order valence-electron chi connectivity index (χ2n) is 5.59. The van der Waals surface area contributed by atoms with Gasteiger partial charge in [-0.25, -0.2) is 4.39 Å². The van der Waals surface area contributed by atoms with Crippen LogP contribution < -0.4 is 15.6 Å². The summed E-state index contributed by atoms with van der Waals surface area (Å²) in [5.74, 6) is -0.865. The average molecular weight is 365 g/mol. The predicted octanol–water partition coefficient (Wildman–Crippen LogP) is 2.87. The van der Waals surface area contributed by atoms with E-state index in [1.54, 1.807) is 36.7 Å². The number of halogens is 1. The molecule has 0 spiro atoms. The smallest absolute Gasteiger partial charge is 0.269 e. The summed E-state index contributed by atoms with van der Waals surface area (Å²) in [4.78, 5) is 28.0. The van der Waals surface area contributed by atoms with Gasteiger partial charge in [0.25, 0.3) is 11.8 Å². The largest absolute Gasteiger partial charge is 0.489 e. The van der Waals surface area contributed by atoms with E-state index in [-0.39, 0.29) is 5.56 Å².